The van der Waals surface area contributed by atoms with Crippen molar-refractivity contribution in [2.45, 2.75) is 32.7 Å². The minimum atomic E-state index is 0.198. The van der Waals surface area contributed by atoms with Crippen molar-refractivity contribution < 1.29 is 9.84 Å². The maximum atomic E-state index is 8.75. The highest BCUT2D eigenvalue weighted by Gasteiger charge is 2.01. The van der Waals surface area contributed by atoms with E-state index in [1.807, 2.05) is 25.2 Å². The molecule has 1 N–H and O–H groups in total. The summed E-state index contributed by atoms with van der Waals surface area (Å²) in [5.74, 6) is 0. The van der Waals surface area contributed by atoms with Crippen LogP contribution in [0.15, 0.2) is 18.2 Å². The molecule has 1 aliphatic heterocycles. The number of hydrogen-bond acceptors (Lipinski definition) is 4. The van der Waals surface area contributed by atoms with Gasteiger partial charge in [0.15, 0.2) is 0 Å². The van der Waals surface area contributed by atoms with Crippen LogP contribution in [0.3, 0.4) is 0 Å². The molecule has 0 radical (unpaired) electrons. The number of aliphatic hydroxyl groups is 1. The predicted molar refractivity (Wildman–Crippen MR) is 77.1 cm³/mol. The number of hydrogen-bond donors (Lipinski definition) is 1. The van der Waals surface area contributed by atoms with Crippen LogP contribution in [0.4, 0.5) is 0 Å². The van der Waals surface area contributed by atoms with Gasteiger partial charge in [0.1, 0.15) is 0 Å². The van der Waals surface area contributed by atoms with Gasteiger partial charge in [0.05, 0.1) is 12.3 Å². The Bertz CT molecular complexity index is 333. The molecule has 0 atom stereocenters. The molecule has 0 bridgehead atoms. The van der Waals surface area contributed by atoms with Gasteiger partial charge in [-0.05, 0) is 38.4 Å². The number of nitrogens with zero attached hydrogens (tertiary/aromatic N) is 2. The minimum absolute atomic E-state index is 0.198. The van der Waals surface area contributed by atoms with Crippen LogP contribution >= 0.6 is 0 Å². The number of aromatic nitrogens is 1. The maximum absolute atomic E-state index is 8.75. The van der Waals surface area contributed by atoms with Gasteiger partial charge < -0.3 is 9.84 Å². The van der Waals surface area contributed by atoms with Crippen LogP contribution in [0.5, 0.6) is 0 Å². The van der Waals surface area contributed by atoms with Gasteiger partial charge in [0, 0.05) is 32.0 Å². The molecule has 0 saturated carbocycles. The third kappa shape index (κ3) is 7.25. The molecule has 1 saturated heterocycles. The normalized spacial score (nSPS) is 14.3. The predicted octanol–water partition coefficient (Wildman–Crippen LogP) is 1.86. The van der Waals surface area contributed by atoms with Crippen LogP contribution in [0.1, 0.15) is 31.2 Å². The lowest BCUT2D eigenvalue weighted by Crippen LogP contribution is -2.22. The molecule has 0 unspecified atom stereocenters. The summed E-state index contributed by atoms with van der Waals surface area (Å²) in [5, 5.41) is 8.75. The SMILES string of the molecule is C1CCOC1.CCc1cccc(CN(C)CCO)n1. The average Bonchev–Trinajstić information content (AvgIpc) is 2.98. The number of likely N-dealkylation sites (N-methyl/N-ethyl adjacent to an activating group) is 1. The van der Waals surface area contributed by atoms with E-state index in [9.17, 15) is 0 Å². The third-order valence-electron chi connectivity index (χ3n) is 2.97. The summed E-state index contributed by atoms with van der Waals surface area (Å²) in [4.78, 5) is 6.55. The molecule has 1 fully saturated rings. The van der Waals surface area contributed by atoms with Crippen LogP contribution in [0.25, 0.3) is 0 Å². The van der Waals surface area contributed by atoms with Gasteiger partial charge in [-0.3, -0.25) is 9.88 Å². The van der Waals surface area contributed by atoms with E-state index in [4.69, 9.17) is 9.84 Å². The maximum Gasteiger partial charge on any atom is 0.0558 e. The molecular formula is C15H26N2O2. The Morgan fingerprint density at radius 1 is 1.26 bits per heavy atom. The van der Waals surface area contributed by atoms with E-state index in [0.29, 0.717) is 6.54 Å². The van der Waals surface area contributed by atoms with Gasteiger partial charge in [-0.1, -0.05) is 13.0 Å². The number of aryl methyl sites for hydroxylation is 1. The van der Waals surface area contributed by atoms with E-state index in [-0.39, 0.29) is 6.61 Å². The zero-order valence-corrected chi connectivity index (χ0v) is 12.1. The van der Waals surface area contributed by atoms with Gasteiger partial charge >= 0.3 is 0 Å². The highest BCUT2D eigenvalue weighted by Crippen LogP contribution is 2.02. The fourth-order valence-electron chi connectivity index (χ4n) is 1.85. The minimum Gasteiger partial charge on any atom is -0.395 e. The molecule has 1 aromatic heterocycles. The van der Waals surface area contributed by atoms with E-state index in [2.05, 4.69) is 16.8 Å². The topological polar surface area (TPSA) is 45.6 Å². The van der Waals surface area contributed by atoms with Gasteiger partial charge in [0.25, 0.3) is 0 Å². The largest absolute Gasteiger partial charge is 0.395 e. The summed E-state index contributed by atoms with van der Waals surface area (Å²) in [7, 11) is 1.98. The van der Waals surface area contributed by atoms with Crippen LogP contribution < -0.4 is 0 Å². The van der Waals surface area contributed by atoms with Gasteiger partial charge in [-0.2, -0.15) is 0 Å². The van der Waals surface area contributed by atoms with Crippen molar-refractivity contribution in [3.8, 4) is 0 Å². The summed E-state index contributed by atoms with van der Waals surface area (Å²) in [6.07, 6.45) is 3.53. The van der Waals surface area contributed by atoms with Crippen molar-refractivity contribution >= 4 is 0 Å². The fourth-order valence-corrected chi connectivity index (χ4v) is 1.85. The summed E-state index contributed by atoms with van der Waals surface area (Å²) >= 11 is 0. The number of pyridine rings is 1. The second kappa shape index (κ2) is 9.89. The van der Waals surface area contributed by atoms with Crippen molar-refractivity contribution in [1.29, 1.82) is 0 Å². The molecule has 1 aromatic rings. The second-order valence-electron chi connectivity index (χ2n) is 4.75. The Labute approximate surface area is 116 Å². The van der Waals surface area contributed by atoms with E-state index in [1.54, 1.807) is 0 Å². The highest BCUT2D eigenvalue weighted by molar-refractivity contribution is 5.10. The van der Waals surface area contributed by atoms with E-state index < -0.39 is 0 Å². The highest BCUT2D eigenvalue weighted by atomic mass is 16.5. The summed E-state index contributed by atoms with van der Waals surface area (Å²) < 4.78 is 4.94. The van der Waals surface area contributed by atoms with E-state index >= 15 is 0 Å². The van der Waals surface area contributed by atoms with Crippen LogP contribution in [-0.4, -0.2) is 48.4 Å². The fraction of sp³-hybridized carbons (Fsp3) is 0.667. The second-order valence-corrected chi connectivity index (χ2v) is 4.75. The van der Waals surface area contributed by atoms with Crippen LogP contribution in [-0.2, 0) is 17.7 Å². The molecule has 4 heteroatoms. The summed E-state index contributed by atoms with van der Waals surface area (Å²) in [6.45, 7) is 5.79. The molecule has 108 valence electrons. The summed E-state index contributed by atoms with van der Waals surface area (Å²) in [6, 6.07) is 6.09. The Hall–Kier alpha value is -0.970. The van der Waals surface area contributed by atoms with Gasteiger partial charge in [-0.15, -0.1) is 0 Å². The third-order valence-corrected chi connectivity index (χ3v) is 2.97. The molecule has 0 aliphatic carbocycles. The van der Waals surface area contributed by atoms with E-state index in [1.165, 1.54) is 12.8 Å². The molecular weight excluding hydrogens is 240 g/mol. The summed E-state index contributed by atoms with van der Waals surface area (Å²) in [5.41, 5.74) is 2.19. The zero-order chi connectivity index (χ0) is 13.9. The molecule has 4 nitrogen and oxygen atoms in total. The first kappa shape index (κ1) is 16.1. The molecule has 2 rings (SSSR count). The molecule has 0 spiro atoms. The van der Waals surface area contributed by atoms with Crippen molar-refractivity contribution in [3.63, 3.8) is 0 Å². The van der Waals surface area contributed by atoms with E-state index in [0.717, 1.165) is 37.6 Å². The monoisotopic (exact) mass is 266 g/mol. The van der Waals surface area contributed by atoms with Crippen molar-refractivity contribution in [3.05, 3.63) is 29.6 Å². The number of aliphatic hydroxyl groups excluding tert-OH is 1. The Kier molecular flexibility index (Phi) is 8.38. The van der Waals surface area contributed by atoms with Crippen molar-refractivity contribution in [2.75, 3.05) is 33.4 Å². The molecule has 1 aliphatic rings. The van der Waals surface area contributed by atoms with Gasteiger partial charge in [0.2, 0.25) is 0 Å². The molecule has 0 aromatic carbocycles. The van der Waals surface area contributed by atoms with Crippen LogP contribution in [0, 0.1) is 0 Å². The zero-order valence-electron chi connectivity index (χ0n) is 12.1. The smallest absolute Gasteiger partial charge is 0.0558 e. The molecule has 19 heavy (non-hydrogen) atoms. The lowest BCUT2D eigenvalue weighted by molar-refractivity contribution is 0.198. The first-order valence-corrected chi connectivity index (χ1v) is 7.08. The Morgan fingerprint density at radius 2 is 1.95 bits per heavy atom. The van der Waals surface area contributed by atoms with Crippen molar-refractivity contribution in [2.24, 2.45) is 0 Å². The number of ether oxygens (including phenoxy) is 1. The Morgan fingerprint density at radius 3 is 2.47 bits per heavy atom. The molecule has 2 heterocycles. The van der Waals surface area contributed by atoms with Gasteiger partial charge in [-0.25, -0.2) is 0 Å². The first-order valence-electron chi connectivity index (χ1n) is 7.08. The lowest BCUT2D eigenvalue weighted by Gasteiger charge is -2.14. The quantitative estimate of drug-likeness (QED) is 0.883. The average molecular weight is 266 g/mol. The lowest BCUT2D eigenvalue weighted by atomic mass is 10.2. The van der Waals surface area contributed by atoms with Crippen LogP contribution in [0.2, 0.25) is 0 Å². The number of rotatable bonds is 5. The van der Waals surface area contributed by atoms with Crippen molar-refractivity contribution in [1.82, 2.24) is 9.88 Å². The Balaban J connectivity index is 0.000000300. The first-order chi connectivity index (χ1) is 9.26. The standard InChI is InChI=1S/C11H18N2O.C4H8O/c1-3-10-5-4-6-11(12-10)9-13(2)7-8-14;1-2-4-5-3-1/h4-6,14H,3,7-9H2,1-2H3;1-4H2. The molecule has 0 amide bonds.